The van der Waals surface area contributed by atoms with Crippen molar-refractivity contribution in [2.75, 3.05) is 0 Å². The molecule has 0 unspecified atom stereocenters. The Labute approximate surface area is 133 Å². The van der Waals surface area contributed by atoms with Crippen molar-refractivity contribution in [1.82, 2.24) is 14.8 Å². The number of aryl methyl sites for hydroxylation is 1. The summed E-state index contributed by atoms with van der Waals surface area (Å²) in [6, 6.07) is 7.87. The van der Waals surface area contributed by atoms with E-state index in [2.05, 4.69) is 10.1 Å². The minimum atomic E-state index is -4.66. The van der Waals surface area contributed by atoms with Crippen LogP contribution in [0, 0.1) is 18.3 Å². The maximum atomic E-state index is 13.2. The normalized spacial score (nSPS) is 11.7. The first-order chi connectivity index (χ1) is 10.8. The smallest absolute Gasteiger partial charge is 0.236 e. The average molecular weight is 337 g/mol. The molecule has 0 fully saturated rings. The molecule has 3 rings (SSSR count). The Kier molecular flexibility index (Phi) is 3.49. The van der Waals surface area contributed by atoms with Crippen LogP contribution in [0.1, 0.15) is 16.8 Å². The van der Waals surface area contributed by atoms with Crippen molar-refractivity contribution in [3.8, 4) is 11.8 Å². The SMILES string of the molecule is Cc1cc(C#N)ccc1-n1nc(C(F)(F)F)c2c(Cl)ccnc21. The van der Waals surface area contributed by atoms with Gasteiger partial charge in [-0.25, -0.2) is 9.67 Å². The summed E-state index contributed by atoms with van der Waals surface area (Å²) in [4.78, 5) is 3.99. The van der Waals surface area contributed by atoms with E-state index in [-0.39, 0.29) is 16.1 Å². The van der Waals surface area contributed by atoms with Crippen LogP contribution in [0.25, 0.3) is 16.7 Å². The molecular formula is C15H8ClF3N4. The summed E-state index contributed by atoms with van der Waals surface area (Å²) in [6.07, 6.45) is -3.33. The Morgan fingerprint density at radius 1 is 1.26 bits per heavy atom. The lowest BCUT2D eigenvalue weighted by atomic mass is 10.1. The molecule has 4 nitrogen and oxygen atoms in total. The van der Waals surface area contributed by atoms with E-state index < -0.39 is 11.9 Å². The Bertz CT molecular complexity index is 954. The lowest BCUT2D eigenvalue weighted by Gasteiger charge is -2.07. The van der Waals surface area contributed by atoms with Gasteiger partial charge in [0.25, 0.3) is 0 Å². The Hall–Kier alpha value is -2.59. The quantitative estimate of drug-likeness (QED) is 0.666. The molecule has 8 heteroatoms. The highest BCUT2D eigenvalue weighted by Gasteiger charge is 2.38. The average Bonchev–Trinajstić information content (AvgIpc) is 2.88. The van der Waals surface area contributed by atoms with Gasteiger partial charge in [0.1, 0.15) is 0 Å². The number of hydrogen-bond donors (Lipinski definition) is 0. The topological polar surface area (TPSA) is 54.5 Å². The molecule has 0 aliphatic heterocycles. The summed E-state index contributed by atoms with van der Waals surface area (Å²) < 4.78 is 40.8. The highest BCUT2D eigenvalue weighted by Crippen LogP contribution is 2.37. The maximum Gasteiger partial charge on any atom is 0.435 e. The van der Waals surface area contributed by atoms with Crippen LogP contribution >= 0.6 is 11.6 Å². The monoisotopic (exact) mass is 336 g/mol. The summed E-state index contributed by atoms with van der Waals surface area (Å²) in [5, 5.41) is 12.2. The highest BCUT2D eigenvalue weighted by atomic mass is 35.5. The Morgan fingerprint density at radius 3 is 2.61 bits per heavy atom. The fourth-order valence-electron chi connectivity index (χ4n) is 2.33. The van der Waals surface area contributed by atoms with Crippen molar-refractivity contribution in [2.24, 2.45) is 0 Å². The molecule has 0 atom stereocenters. The van der Waals surface area contributed by atoms with E-state index in [1.807, 2.05) is 6.07 Å². The Morgan fingerprint density at radius 2 is 2.00 bits per heavy atom. The zero-order valence-electron chi connectivity index (χ0n) is 11.7. The van der Waals surface area contributed by atoms with Crippen LogP contribution in [0.3, 0.4) is 0 Å². The molecule has 0 saturated heterocycles. The first-order valence-electron chi connectivity index (χ1n) is 6.44. The van der Waals surface area contributed by atoms with Gasteiger partial charge in [-0.2, -0.15) is 23.5 Å². The molecule has 2 heterocycles. The molecule has 0 amide bonds. The van der Waals surface area contributed by atoms with Crippen molar-refractivity contribution < 1.29 is 13.2 Å². The van der Waals surface area contributed by atoms with Crippen LogP contribution in [0.4, 0.5) is 13.2 Å². The minimum Gasteiger partial charge on any atom is -0.236 e. The molecule has 0 aliphatic rings. The van der Waals surface area contributed by atoms with Crippen molar-refractivity contribution in [3.05, 3.63) is 52.3 Å². The van der Waals surface area contributed by atoms with Gasteiger partial charge in [0.2, 0.25) is 0 Å². The van der Waals surface area contributed by atoms with E-state index in [4.69, 9.17) is 16.9 Å². The number of nitrogens with zero attached hydrogens (tertiary/aromatic N) is 4. The summed E-state index contributed by atoms with van der Waals surface area (Å²) in [5.41, 5.74) is 0.333. The van der Waals surface area contributed by atoms with Gasteiger partial charge < -0.3 is 0 Å². The number of aromatic nitrogens is 3. The van der Waals surface area contributed by atoms with Gasteiger partial charge in [0.05, 0.1) is 27.7 Å². The predicted molar refractivity (Wildman–Crippen MR) is 78.3 cm³/mol. The highest BCUT2D eigenvalue weighted by molar-refractivity contribution is 6.35. The third kappa shape index (κ3) is 2.51. The summed E-state index contributed by atoms with van der Waals surface area (Å²) >= 11 is 5.92. The molecule has 23 heavy (non-hydrogen) atoms. The predicted octanol–water partition coefficient (Wildman–Crippen LogP) is 4.27. The molecule has 0 bridgehead atoms. The van der Waals surface area contributed by atoms with Gasteiger partial charge in [-0.15, -0.1) is 0 Å². The van der Waals surface area contributed by atoms with Crippen molar-refractivity contribution in [3.63, 3.8) is 0 Å². The largest absolute Gasteiger partial charge is 0.435 e. The van der Waals surface area contributed by atoms with Gasteiger partial charge in [-0.1, -0.05) is 11.6 Å². The lowest BCUT2D eigenvalue weighted by Crippen LogP contribution is -2.08. The summed E-state index contributed by atoms with van der Waals surface area (Å²) in [5.74, 6) is 0. The van der Waals surface area contributed by atoms with Crippen molar-refractivity contribution in [2.45, 2.75) is 13.1 Å². The third-order valence-corrected chi connectivity index (χ3v) is 3.66. The molecule has 0 radical (unpaired) electrons. The molecule has 116 valence electrons. The number of rotatable bonds is 1. The van der Waals surface area contributed by atoms with Crippen LogP contribution in [0.15, 0.2) is 30.5 Å². The molecule has 0 aliphatic carbocycles. The van der Waals surface area contributed by atoms with Gasteiger partial charge >= 0.3 is 6.18 Å². The number of alkyl halides is 3. The number of pyridine rings is 1. The van der Waals surface area contributed by atoms with Gasteiger partial charge in [-0.3, -0.25) is 0 Å². The van der Waals surface area contributed by atoms with Crippen molar-refractivity contribution >= 4 is 22.6 Å². The number of nitriles is 1. The Balaban J connectivity index is 2.36. The van der Waals surface area contributed by atoms with E-state index >= 15 is 0 Å². The molecule has 3 aromatic rings. The minimum absolute atomic E-state index is 0.0117. The molecule has 0 spiro atoms. The molecule has 2 aromatic heterocycles. The maximum absolute atomic E-state index is 13.2. The van der Waals surface area contributed by atoms with E-state index in [1.54, 1.807) is 13.0 Å². The van der Waals surface area contributed by atoms with Gasteiger partial charge in [0.15, 0.2) is 11.3 Å². The standard InChI is InChI=1S/C15H8ClF3N4/c1-8-6-9(7-20)2-3-11(8)23-14-12(10(16)4-5-21-14)13(22-23)15(17,18)19/h2-6H,1H3. The number of benzene rings is 1. The lowest BCUT2D eigenvalue weighted by molar-refractivity contribution is -0.140. The number of halogens is 4. The second-order valence-electron chi connectivity index (χ2n) is 4.86. The van der Waals surface area contributed by atoms with Crippen LogP contribution < -0.4 is 0 Å². The van der Waals surface area contributed by atoms with E-state index in [0.717, 1.165) is 4.68 Å². The summed E-state index contributed by atoms with van der Waals surface area (Å²) in [7, 11) is 0. The summed E-state index contributed by atoms with van der Waals surface area (Å²) in [6.45, 7) is 1.68. The van der Waals surface area contributed by atoms with Crippen LogP contribution in [0.2, 0.25) is 5.02 Å². The van der Waals surface area contributed by atoms with E-state index in [9.17, 15) is 13.2 Å². The van der Waals surface area contributed by atoms with E-state index in [0.29, 0.717) is 16.8 Å². The van der Waals surface area contributed by atoms with Crippen molar-refractivity contribution in [1.29, 1.82) is 5.26 Å². The fraction of sp³-hybridized carbons (Fsp3) is 0.133. The van der Waals surface area contributed by atoms with Gasteiger partial charge in [0, 0.05) is 6.20 Å². The van der Waals surface area contributed by atoms with E-state index in [1.165, 1.54) is 24.4 Å². The molecular weight excluding hydrogens is 329 g/mol. The number of hydrogen-bond acceptors (Lipinski definition) is 3. The molecule has 0 N–H and O–H groups in total. The fourth-order valence-corrected chi connectivity index (χ4v) is 2.56. The third-order valence-electron chi connectivity index (χ3n) is 3.34. The van der Waals surface area contributed by atoms with Crippen LogP contribution in [0.5, 0.6) is 0 Å². The second kappa shape index (κ2) is 5.25. The van der Waals surface area contributed by atoms with Crippen LogP contribution in [-0.4, -0.2) is 14.8 Å². The van der Waals surface area contributed by atoms with Crippen LogP contribution in [-0.2, 0) is 6.18 Å². The zero-order valence-corrected chi connectivity index (χ0v) is 12.4. The first kappa shape index (κ1) is 15.3. The molecule has 1 aromatic carbocycles. The van der Waals surface area contributed by atoms with Gasteiger partial charge in [-0.05, 0) is 36.8 Å². The second-order valence-corrected chi connectivity index (χ2v) is 5.27. The molecule has 0 saturated carbocycles. The number of fused-ring (bicyclic) bond motifs is 1. The first-order valence-corrected chi connectivity index (χ1v) is 6.82. The zero-order chi connectivity index (χ0) is 16.8.